The fraction of sp³-hybridized carbons (Fsp3) is 0.143. The molecule has 0 aromatic rings. The molecule has 0 radical (unpaired) electrons. The Kier molecular flexibility index (Phi) is 1.55. The van der Waals surface area contributed by atoms with Gasteiger partial charge in [-0.05, 0) is 12.2 Å². The average Bonchev–Trinajstić information content (AvgIpc) is 1.95. The van der Waals surface area contributed by atoms with E-state index in [9.17, 15) is 4.79 Å². The van der Waals surface area contributed by atoms with Crippen molar-refractivity contribution < 1.29 is 9.90 Å². The molecular formula is C7H5NO2. The van der Waals surface area contributed by atoms with Crippen LogP contribution in [0.2, 0.25) is 0 Å². The molecule has 0 bridgehead atoms. The summed E-state index contributed by atoms with van der Waals surface area (Å²) in [4.78, 5) is 10.7. The minimum absolute atomic E-state index is 0.0266. The first-order chi connectivity index (χ1) is 4.74. The molecule has 50 valence electrons. The summed E-state index contributed by atoms with van der Waals surface area (Å²) in [7, 11) is 0. The largest absolute Gasteiger partial charge is 0.504 e. The van der Waals surface area contributed by atoms with Crippen LogP contribution in [0.25, 0.3) is 0 Å². The number of ketones is 1. The van der Waals surface area contributed by atoms with Crippen LogP contribution in [-0.2, 0) is 4.79 Å². The van der Waals surface area contributed by atoms with Gasteiger partial charge in [0.15, 0.2) is 5.76 Å². The molecule has 10 heavy (non-hydrogen) atoms. The summed E-state index contributed by atoms with van der Waals surface area (Å²) in [5, 5.41) is 17.1. The Balaban J connectivity index is 2.91. The molecule has 0 amide bonds. The fourth-order valence-electron chi connectivity index (χ4n) is 0.672. The first-order valence-corrected chi connectivity index (χ1v) is 2.77. The number of aliphatic hydroxyl groups is 1. The Hall–Kier alpha value is -1.56. The van der Waals surface area contributed by atoms with E-state index in [0.717, 1.165) is 0 Å². The second kappa shape index (κ2) is 2.36. The van der Waals surface area contributed by atoms with Gasteiger partial charge in [0.1, 0.15) is 0 Å². The van der Waals surface area contributed by atoms with E-state index < -0.39 is 0 Å². The molecular weight excluding hydrogens is 130 g/mol. The van der Waals surface area contributed by atoms with E-state index in [2.05, 4.69) is 0 Å². The number of nitriles is 1. The lowest BCUT2D eigenvalue weighted by molar-refractivity contribution is -0.117. The van der Waals surface area contributed by atoms with Crippen LogP contribution in [0.3, 0.4) is 0 Å². The van der Waals surface area contributed by atoms with Crippen LogP contribution in [0, 0.1) is 11.3 Å². The van der Waals surface area contributed by atoms with E-state index in [4.69, 9.17) is 10.4 Å². The van der Waals surface area contributed by atoms with Gasteiger partial charge in [0.05, 0.1) is 6.07 Å². The van der Waals surface area contributed by atoms with Crippen LogP contribution in [0.1, 0.15) is 6.42 Å². The SMILES string of the molecule is N#CC1=CC=C(O)C(=O)C1. The normalized spacial score (nSPS) is 17.3. The first-order valence-electron chi connectivity index (χ1n) is 2.77. The number of carbonyl (C=O) groups is 1. The Morgan fingerprint density at radius 1 is 1.60 bits per heavy atom. The van der Waals surface area contributed by atoms with Gasteiger partial charge >= 0.3 is 0 Å². The first kappa shape index (κ1) is 6.56. The highest BCUT2D eigenvalue weighted by Gasteiger charge is 2.13. The summed E-state index contributed by atoms with van der Waals surface area (Å²) in [5.74, 6) is -0.655. The molecule has 1 aliphatic carbocycles. The lowest BCUT2D eigenvalue weighted by Gasteiger charge is -2.01. The maximum absolute atomic E-state index is 10.7. The second-order valence-corrected chi connectivity index (χ2v) is 1.96. The van der Waals surface area contributed by atoms with Crippen molar-refractivity contribution in [2.75, 3.05) is 0 Å². The van der Waals surface area contributed by atoms with E-state index in [1.54, 1.807) is 0 Å². The predicted molar refractivity (Wildman–Crippen MR) is 34.0 cm³/mol. The molecule has 0 atom stereocenters. The zero-order valence-electron chi connectivity index (χ0n) is 5.16. The highest BCUT2D eigenvalue weighted by molar-refractivity contribution is 5.96. The van der Waals surface area contributed by atoms with E-state index in [1.807, 2.05) is 6.07 Å². The molecule has 0 saturated carbocycles. The predicted octanol–water partition coefficient (Wildman–Crippen LogP) is 0.851. The Bertz CT molecular complexity index is 268. The maximum atomic E-state index is 10.7. The Labute approximate surface area is 57.9 Å². The van der Waals surface area contributed by atoms with Gasteiger partial charge in [0.2, 0.25) is 5.78 Å². The third kappa shape index (κ3) is 1.06. The quantitative estimate of drug-likeness (QED) is 0.535. The van der Waals surface area contributed by atoms with Crippen molar-refractivity contribution in [2.45, 2.75) is 6.42 Å². The van der Waals surface area contributed by atoms with E-state index in [-0.39, 0.29) is 18.0 Å². The van der Waals surface area contributed by atoms with Crippen molar-refractivity contribution in [1.29, 1.82) is 5.26 Å². The summed E-state index contributed by atoms with van der Waals surface area (Å²) in [6.45, 7) is 0. The number of hydrogen-bond donors (Lipinski definition) is 1. The maximum Gasteiger partial charge on any atom is 0.202 e. The van der Waals surface area contributed by atoms with Crippen LogP contribution in [-0.4, -0.2) is 10.9 Å². The van der Waals surface area contributed by atoms with Gasteiger partial charge in [-0.2, -0.15) is 5.26 Å². The van der Waals surface area contributed by atoms with Gasteiger partial charge in [0, 0.05) is 12.0 Å². The lowest BCUT2D eigenvalue weighted by Crippen LogP contribution is -2.05. The zero-order chi connectivity index (χ0) is 7.56. The molecule has 0 heterocycles. The van der Waals surface area contributed by atoms with Gasteiger partial charge in [-0.25, -0.2) is 0 Å². The van der Waals surface area contributed by atoms with E-state index in [1.165, 1.54) is 12.2 Å². The van der Waals surface area contributed by atoms with Gasteiger partial charge in [0.25, 0.3) is 0 Å². The standard InChI is InChI=1S/C7H5NO2/c8-4-5-1-2-6(9)7(10)3-5/h1-2,9H,3H2. The van der Waals surface area contributed by atoms with Crippen molar-refractivity contribution in [2.24, 2.45) is 0 Å². The third-order valence-corrected chi connectivity index (χ3v) is 1.22. The van der Waals surface area contributed by atoms with Crippen molar-refractivity contribution in [3.8, 4) is 6.07 Å². The van der Waals surface area contributed by atoms with Crippen LogP contribution in [0.4, 0.5) is 0 Å². The minimum Gasteiger partial charge on any atom is -0.504 e. The van der Waals surface area contributed by atoms with Crippen LogP contribution < -0.4 is 0 Å². The van der Waals surface area contributed by atoms with E-state index >= 15 is 0 Å². The fourth-order valence-corrected chi connectivity index (χ4v) is 0.672. The molecule has 1 rings (SSSR count). The smallest absolute Gasteiger partial charge is 0.202 e. The summed E-state index contributed by atoms with van der Waals surface area (Å²) in [6, 6.07) is 1.84. The van der Waals surface area contributed by atoms with Crippen LogP contribution >= 0.6 is 0 Å². The van der Waals surface area contributed by atoms with Crippen molar-refractivity contribution in [1.82, 2.24) is 0 Å². The van der Waals surface area contributed by atoms with Crippen molar-refractivity contribution in [3.05, 3.63) is 23.5 Å². The van der Waals surface area contributed by atoms with Crippen molar-refractivity contribution >= 4 is 5.78 Å². The zero-order valence-corrected chi connectivity index (χ0v) is 5.16. The summed E-state index contributed by atoms with van der Waals surface area (Å²) >= 11 is 0. The van der Waals surface area contributed by atoms with Gasteiger partial charge in [-0.3, -0.25) is 4.79 Å². The molecule has 0 aromatic heterocycles. The molecule has 0 unspecified atom stereocenters. The molecule has 0 aromatic carbocycles. The summed E-state index contributed by atoms with van der Waals surface area (Å²) in [5.41, 5.74) is 0.391. The Morgan fingerprint density at radius 3 is 2.80 bits per heavy atom. The highest BCUT2D eigenvalue weighted by Crippen LogP contribution is 2.11. The minimum atomic E-state index is -0.390. The highest BCUT2D eigenvalue weighted by atomic mass is 16.3. The molecule has 3 heteroatoms. The number of carbonyl (C=O) groups excluding carboxylic acids is 1. The molecule has 0 fully saturated rings. The third-order valence-electron chi connectivity index (χ3n) is 1.22. The monoisotopic (exact) mass is 135 g/mol. The summed E-state index contributed by atoms with van der Waals surface area (Å²) in [6.07, 6.45) is 2.71. The molecule has 3 nitrogen and oxygen atoms in total. The number of nitrogens with zero attached hydrogens (tertiary/aromatic N) is 1. The molecule has 0 aliphatic heterocycles. The lowest BCUT2D eigenvalue weighted by atomic mass is 10.0. The van der Waals surface area contributed by atoms with E-state index in [0.29, 0.717) is 5.57 Å². The Morgan fingerprint density at radius 2 is 2.30 bits per heavy atom. The van der Waals surface area contributed by atoms with Gasteiger partial charge in [-0.15, -0.1) is 0 Å². The number of Topliss-reactive ketones (excluding diaryl/α,β-unsaturated/α-hetero) is 1. The van der Waals surface area contributed by atoms with Crippen LogP contribution in [0.15, 0.2) is 23.5 Å². The second-order valence-electron chi connectivity index (χ2n) is 1.96. The molecule has 1 aliphatic rings. The number of rotatable bonds is 0. The molecule has 0 saturated heterocycles. The summed E-state index contributed by atoms with van der Waals surface area (Å²) < 4.78 is 0. The number of aliphatic hydroxyl groups excluding tert-OH is 1. The van der Waals surface area contributed by atoms with Gasteiger partial charge < -0.3 is 5.11 Å². The molecule has 1 N–H and O–H groups in total. The number of hydrogen-bond acceptors (Lipinski definition) is 3. The van der Waals surface area contributed by atoms with Crippen LogP contribution in [0.5, 0.6) is 0 Å². The number of allylic oxidation sites excluding steroid dienone is 4. The topological polar surface area (TPSA) is 61.1 Å². The molecule has 0 spiro atoms. The van der Waals surface area contributed by atoms with Gasteiger partial charge in [-0.1, -0.05) is 0 Å². The average molecular weight is 135 g/mol. The van der Waals surface area contributed by atoms with Crippen molar-refractivity contribution in [3.63, 3.8) is 0 Å².